The van der Waals surface area contributed by atoms with Crippen molar-refractivity contribution >= 4 is 0 Å². The van der Waals surface area contributed by atoms with Crippen LogP contribution in [0.25, 0.3) is 0 Å². The number of rotatable bonds is 6. The summed E-state index contributed by atoms with van der Waals surface area (Å²) < 4.78 is 42.8. The predicted molar refractivity (Wildman–Crippen MR) is 67.2 cm³/mol. The lowest BCUT2D eigenvalue weighted by atomic mass is 9.97. The fourth-order valence-corrected chi connectivity index (χ4v) is 2.00. The molecular weight excluding hydrogens is 257 g/mol. The summed E-state index contributed by atoms with van der Waals surface area (Å²) >= 11 is 0. The zero-order chi connectivity index (χ0) is 14.5. The fraction of sp³-hybridized carbons (Fsp3) is 0.538. The van der Waals surface area contributed by atoms with Gasteiger partial charge in [0.1, 0.15) is 0 Å². The van der Waals surface area contributed by atoms with E-state index in [2.05, 4.69) is 5.43 Å². The molecule has 0 radical (unpaired) electrons. The molecule has 108 valence electrons. The first kappa shape index (κ1) is 15.9. The minimum atomic E-state index is -4.33. The maximum absolute atomic E-state index is 12.5. The van der Waals surface area contributed by atoms with Gasteiger partial charge in [-0.2, -0.15) is 13.2 Å². The van der Waals surface area contributed by atoms with Crippen LogP contribution in [0, 0.1) is 0 Å². The summed E-state index contributed by atoms with van der Waals surface area (Å²) in [6.45, 7) is 2.01. The van der Waals surface area contributed by atoms with Crippen LogP contribution >= 0.6 is 0 Å². The highest BCUT2D eigenvalue weighted by molar-refractivity contribution is 5.27. The average molecular weight is 276 g/mol. The lowest BCUT2D eigenvalue weighted by molar-refractivity contribution is -0.137. The molecule has 0 amide bonds. The van der Waals surface area contributed by atoms with E-state index < -0.39 is 11.7 Å². The topological polar surface area (TPSA) is 47.3 Å². The van der Waals surface area contributed by atoms with E-state index in [1.54, 1.807) is 7.11 Å². The van der Waals surface area contributed by atoms with Crippen molar-refractivity contribution in [3.05, 3.63) is 35.4 Å². The van der Waals surface area contributed by atoms with Crippen molar-refractivity contribution in [2.75, 3.05) is 7.11 Å². The maximum atomic E-state index is 12.5. The molecule has 0 saturated carbocycles. The fourth-order valence-electron chi connectivity index (χ4n) is 2.00. The molecule has 3 N–H and O–H groups in total. The molecule has 19 heavy (non-hydrogen) atoms. The molecular formula is C13H19F3N2O. The first-order valence-electron chi connectivity index (χ1n) is 6.10. The number of hydrazine groups is 1. The number of ether oxygens (including phenoxy) is 1. The van der Waals surface area contributed by atoms with Crippen molar-refractivity contribution in [3.63, 3.8) is 0 Å². The first-order chi connectivity index (χ1) is 8.93. The first-order valence-corrected chi connectivity index (χ1v) is 6.10. The second-order valence-corrected chi connectivity index (χ2v) is 4.33. The molecule has 1 aromatic rings. The zero-order valence-corrected chi connectivity index (χ0v) is 11.0. The summed E-state index contributed by atoms with van der Waals surface area (Å²) in [6.07, 6.45) is -2.83. The Bertz CT molecular complexity index is 378. The molecule has 0 bridgehead atoms. The van der Waals surface area contributed by atoms with E-state index in [9.17, 15) is 13.2 Å². The van der Waals surface area contributed by atoms with Crippen LogP contribution in [-0.2, 0) is 10.9 Å². The number of hydrogen-bond donors (Lipinski definition) is 2. The third kappa shape index (κ3) is 4.19. The van der Waals surface area contributed by atoms with Gasteiger partial charge in [0.25, 0.3) is 0 Å². The Hall–Kier alpha value is -1.11. The lowest BCUT2D eigenvalue weighted by Crippen LogP contribution is -2.37. The molecule has 0 aliphatic rings. The van der Waals surface area contributed by atoms with E-state index in [1.807, 2.05) is 6.92 Å². The van der Waals surface area contributed by atoms with Crippen LogP contribution in [0.1, 0.15) is 36.9 Å². The number of nitrogens with one attached hydrogen (secondary N) is 1. The number of alkyl halides is 3. The highest BCUT2D eigenvalue weighted by Gasteiger charge is 2.30. The van der Waals surface area contributed by atoms with Crippen LogP contribution < -0.4 is 11.3 Å². The van der Waals surface area contributed by atoms with Gasteiger partial charge in [-0.1, -0.05) is 25.5 Å². The van der Waals surface area contributed by atoms with Crippen molar-refractivity contribution in [1.29, 1.82) is 0 Å². The Morgan fingerprint density at radius 2 is 1.84 bits per heavy atom. The molecule has 0 fully saturated rings. The number of nitrogens with two attached hydrogens (primary N) is 1. The summed E-state index contributed by atoms with van der Waals surface area (Å²) in [5.41, 5.74) is 2.61. The van der Waals surface area contributed by atoms with E-state index in [-0.39, 0.29) is 12.1 Å². The third-order valence-electron chi connectivity index (χ3n) is 3.02. The van der Waals surface area contributed by atoms with Crippen LogP contribution in [0.2, 0.25) is 0 Å². The van der Waals surface area contributed by atoms with E-state index in [0.29, 0.717) is 5.56 Å². The minimum Gasteiger partial charge on any atom is -0.379 e. The van der Waals surface area contributed by atoms with Gasteiger partial charge >= 0.3 is 6.18 Å². The highest BCUT2D eigenvalue weighted by atomic mass is 19.4. The quantitative estimate of drug-likeness (QED) is 0.620. The van der Waals surface area contributed by atoms with Gasteiger partial charge in [0, 0.05) is 7.11 Å². The monoisotopic (exact) mass is 276 g/mol. The Labute approximate surface area is 110 Å². The van der Waals surface area contributed by atoms with Gasteiger partial charge in [0.05, 0.1) is 17.7 Å². The largest absolute Gasteiger partial charge is 0.416 e. The maximum Gasteiger partial charge on any atom is 0.416 e. The van der Waals surface area contributed by atoms with Gasteiger partial charge in [0.2, 0.25) is 0 Å². The Morgan fingerprint density at radius 1 is 1.26 bits per heavy atom. The van der Waals surface area contributed by atoms with E-state index in [1.165, 1.54) is 12.1 Å². The Balaban J connectivity index is 2.93. The van der Waals surface area contributed by atoms with Gasteiger partial charge in [-0.3, -0.25) is 11.3 Å². The molecule has 2 atom stereocenters. The summed E-state index contributed by atoms with van der Waals surface area (Å²) in [6, 6.07) is 4.63. The van der Waals surface area contributed by atoms with Crippen molar-refractivity contribution in [3.8, 4) is 0 Å². The third-order valence-corrected chi connectivity index (χ3v) is 3.02. The highest BCUT2D eigenvalue weighted by Crippen LogP contribution is 2.30. The van der Waals surface area contributed by atoms with E-state index in [4.69, 9.17) is 10.6 Å². The molecule has 0 aliphatic carbocycles. The van der Waals surface area contributed by atoms with Gasteiger partial charge in [-0.15, -0.1) is 0 Å². The Kier molecular flexibility index (Phi) is 5.78. The number of methoxy groups -OCH3 is 1. The van der Waals surface area contributed by atoms with Crippen molar-refractivity contribution < 1.29 is 17.9 Å². The number of halogens is 3. The standard InChI is InChI=1S/C13H19F3N2O/c1-3-4-11(19-2)12(18-17)9-5-7-10(8-6-9)13(14,15)16/h5-8,11-12,18H,3-4,17H2,1-2H3. The summed E-state index contributed by atoms with van der Waals surface area (Å²) in [5, 5.41) is 0. The molecule has 0 saturated heterocycles. The minimum absolute atomic E-state index is 0.174. The molecule has 6 heteroatoms. The predicted octanol–water partition coefficient (Wildman–Crippen LogP) is 3.02. The second-order valence-electron chi connectivity index (χ2n) is 4.33. The van der Waals surface area contributed by atoms with Crippen molar-refractivity contribution in [2.45, 2.75) is 38.1 Å². The smallest absolute Gasteiger partial charge is 0.379 e. The normalized spacial score (nSPS) is 15.3. The summed E-state index contributed by atoms with van der Waals surface area (Å²) in [4.78, 5) is 0. The van der Waals surface area contributed by atoms with Crippen molar-refractivity contribution in [2.24, 2.45) is 5.84 Å². The Morgan fingerprint density at radius 3 is 2.21 bits per heavy atom. The molecule has 2 unspecified atom stereocenters. The van der Waals surface area contributed by atoms with Crippen LogP contribution in [0.5, 0.6) is 0 Å². The molecule has 0 heterocycles. The van der Waals surface area contributed by atoms with Crippen molar-refractivity contribution in [1.82, 2.24) is 5.43 Å². The van der Waals surface area contributed by atoms with Crippen LogP contribution in [0.4, 0.5) is 13.2 Å². The van der Waals surface area contributed by atoms with E-state index in [0.717, 1.165) is 25.0 Å². The van der Waals surface area contributed by atoms with Crippen LogP contribution in [-0.4, -0.2) is 13.2 Å². The molecule has 0 spiro atoms. The SMILES string of the molecule is CCCC(OC)C(NN)c1ccc(C(F)(F)F)cc1. The zero-order valence-electron chi connectivity index (χ0n) is 11.0. The molecule has 0 aromatic heterocycles. The molecule has 1 aromatic carbocycles. The van der Waals surface area contributed by atoms with Gasteiger partial charge in [-0.25, -0.2) is 0 Å². The summed E-state index contributed by atoms with van der Waals surface area (Å²) in [7, 11) is 1.56. The second kappa shape index (κ2) is 6.88. The number of hydrogen-bond acceptors (Lipinski definition) is 3. The average Bonchev–Trinajstić information content (AvgIpc) is 2.38. The van der Waals surface area contributed by atoms with E-state index >= 15 is 0 Å². The van der Waals surface area contributed by atoms with Crippen LogP contribution in [0.3, 0.4) is 0 Å². The van der Waals surface area contributed by atoms with Gasteiger partial charge in [0.15, 0.2) is 0 Å². The molecule has 1 rings (SSSR count). The summed E-state index contributed by atoms with van der Waals surface area (Å²) in [5.74, 6) is 5.48. The van der Waals surface area contributed by atoms with Crippen LogP contribution in [0.15, 0.2) is 24.3 Å². The van der Waals surface area contributed by atoms with Gasteiger partial charge in [-0.05, 0) is 24.1 Å². The molecule has 0 aliphatic heterocycles. The number of benzene rings is 1. The molecule has 3 nitrogen and oxygen atoms in total. The van der Waals surface area contributed by atoms with Gasteiger partial charge < -0.3 is 4.74 Å². The lowest BCUT2D eigenvalue weighted by Gasteiger charge is -2.25.